The average Bonchev–Trinajstić information content (AvgIpc) is 2.49. The third-order valence-electron chi connectivity index (χ3n) is 3.22. The Balaban J connectivity index is 0.00000576. The lowest BCUT2D eigenvalue weighted by atomic mass is 10.1. The van der Waals surface area contributed by atoms with E-state index in [1.165, 1.54) is 0 Å². The van der Waals surface area contributed by atoms with Crippen LogP contribution in [-0.4, -0.2) is 32.3 Å². The number of hydrogen-bond acceptors (Lipinski definition) is 2. The standard InChI is InChI=1S/C17H26F3N3O.HI/c1-13(2)7-8-22-16(21-3)23-10-14-5-4-6-15(9-14)11-24-12-17(18,19)20;/h4-6,9,13H,7-8,10-12H2,1-3H3,(H2,21,22,23);1H. The Morgan fingerprint density at radius 2 is 1.88 bits per heavy atom. The van der Waals surface area contributed by atoms with Crippen molar-refractivity contribution in [2.45, 2.75) is 39.6 Å². The number of nitrogens with zero attached hydrogens (tertiary/aromatic N) is 1. The predicted molar refractivity (Wildman–Crippen MR) is 105 cm³/mol. The molecule has 0 spiro atoms. The SMILES string of the molecule is CN=C(NCCC(C)C)NCc1cccc(COCC(F)(F)F)c1.I. The number of rotatable bonds is 8. The average molecular weight is 473 g/mol. The number of benzene rings is 1. The van der Waals surface area contributed by atoms with Crippen molar-refractivity contribution in [2.24, 2.45) is 10.9 Å². The van der Waals surface area contributed by atoms with Gasteiger partial charge in [0.15, 0.2) is 5.96 Å². The number of ether oxygens (including phenoxy) is 1. The molecular formula is C17H27F3IN3O. The molecule has 8 heteroatoms. The van der Waals surface area contributed by atoms with Gasteiger partial charge >= 0.3 is 6.18 Å². The summed E-state index contributed by atoms with van der Waals surface area (Å²) in [5.41, 5.74) is 1.66. The molecule has 0 aromatic heterocycles. The van der Waals surface area contributed by atoms with Gasteiger partial charge in [0.05, 0.1) is 6.61 Å². The van der Waals surface area contributed by atoms with Crippen molar-refractivity contribution in [2.75, 3.05) is 20.2 Å². The number of guanidine groups is 1. The van der Waals surface area contributed by atoms with Gasteiger partial charge in [-0.1, -0.05) is 38.1 Å². The second-order valence-electron chi connectivity index (χ2n) is 5.96. The van der Waals surface area contributed by atoms with Gasteiger partial charge in [-0.2, -0.15) is 13.2 Å². The summed E-state index contributed by atoms with van der Waals surface area (Å²) in [7, 11) is 1.70. The van der Waals surface area contributed by atoms with Crippen LogP contribution in [0.25, 0.3) is 0 Å². The van der Waals surface area contributed by atoms with Crippen LogP contribution in [0, 0.1) is 5.92 Å². The van der Waals surface area contributed by atoms with E-state index in [0.717, 1.165) is 18.5 Å². The second kappa shape index (κ2) is 12.3. The molecule has 0 heterocycles. The molecule has 0 aliphatic rings. The lowest BCUT2D eigenvalue weighted by Gasteiger charge is -2.13. The Kier molecular flexibility index (Phi) is 11.8. The predicted octanol–water partition coefficient (Wildman–Crippen LogP) is 4.09. The van der Waals surface area contributed by atoms with Gasteiger partial charge in [0.1, 0.15) is 6.61 Å². The van der Waals surface area contributed by atoms with Gasteiger partial charge in [-0.25, -0.2) is 0 Å². The molecule has 0 aliphatic carbocycles. The summed E-state index contributed by atoms with van der Waals surface area (Å²) in [5, 5.41) is 6.41. The summed E-state index contributed by atoms with van der Waals surface area (Å²) in [4.78, 5) is 4.14. The largest absolute Gasteiger partial charge is 0.411 e. The zero-order valence-electron chi connectivity index (χ0n) is 14.8. The maximum Gasteiger partial charge on any atom is 0.411 e. The Bertz CT molecular complexity index is 522. The molecule has 1 rings (SSSR count). The molecule has 1 aromatic carbocycles. The van der Waals surface area contributed by atoms with Crippen molar-refractivity contribution < 1.29 is 17.9 Å². The van der Waals surface area contributed by atoms with Crippen LogP contribution in [-0.2, 0) is 17.9 Å². The quantitative estimate of drug-likeness (QED) is 0.340. The highest BCUT2D eigenvalue weighted by molar-refractivity contribution is 14.0. The molecule has 0 aliphatic heterocycles. The summed E-state index contributed by atoms with van der Waals surface area (Å²) in [6, 6.07) is 7.28. The monoisotopic (exact) mass is 473 g/mol. The summed E-state index contributed by atoms with van der Waals surface area (Å²) in [5.74, 6) is 1.32. The fraction of sp³-hybridized carbons (Fsp3) is 0.588. The normalized spacial score (nSPS) is 12.0. The van der Waals surface area contributed by atoms with Gasteiger partial charge < -0.3 is 15.4 Å². The molecule has 0 fully saturated rings. The first-order valence-electron chi connectivity index (χ1n) is 7.97. The van der Waals surface area contributed by atoms with Crippen LogP contribution >= 0.6 is 24.0 Å². The minimum absolute atomic E-state index is 0. The van der Waals surface area contributed by atoms with E-state index in [-0.39, 0.29) is 30.6 Å². The summed E-state index contributed by atoms with van der Waals surface area (Å²) >= 11 is 0. The van der Waals surface area contributed by atoms with E-state index in [2.05, 4.69) is 34.2 Å². The van der Waals surface area contributed by atoms with Gasteiger partial charge in [-0.05, 0) is 23.5 Å². The maximum absolute atomic E-state index is 12.1. The molecule has 0 saturated heterocycles. The molecule has 0 amide bonds. The van der Waals surface area contributed by atoms with E-state index in [0.29, 0.717) is 24.0 Å². The number of aliphatic imine (C=N–C) groups is 1. The highest BCUT2D eigenvalue weighted by Crippen LogP contribution is 2.16. The number of hydrogen-bond donors (Lipinski definition) is 2. The van der Waals surface area contributed by atoms with E-state index in [1.807, 2.05) is 12.1 Å². The number of nitrogens with one attached hydrogen (secondary N) is 2. The van der Waals surface area contributed by atoms with E-state index >= 15 is 0 Å². The lowest BCUT2D eigenvalue weighted by Crippen LogP contribution is -2.37. The van der Waals surface area contributed by atoms with Crippen LogP contribution in [0.4, 0.5) is 13.2 Å². The third kappa shape index (κ3) is 12.0. The van der Waals surface area contributed by atoms with Crippen molar-refractivity contribution >= 4 is 29.9 Å². The molecule has 0 bridgehead atoms. The number of alkyl halides is 3. The van der Waals surface area contributed by atoms with Crippen molar-refractivity contribution in [3.05, 3.63) is 35.4 Å². The summed E-state index contributed by atoms with van der Waals surface area (Å²) < 4.78 is 40.9. The Labute approximate surface area is 164 Å². The summed E-state index contributed by atoms with van der Waals surface area (Å²) in [6.45, 7) is 4.39. The summed E-state index contributed by atoms with van der Waals surface area (Å²) in [6.07, 6.45) is -3.25. The van der Waals surface area contributed by atoms with E-state index < -0.39 is 12.8 Å². The first kappa shape index (κ1) is 24.0. The number of halogens is 4. The van der Waals surface area contributed by atoms with Gasteiger partial charge in [0.2, 0.25) is 0 Å². The van der Waals surface area contributed by atoms with Gasteiger partial charge in [-0.15, -0.1) is 24.0 Å². The molecule has 0 radical (unpaired) electrons. The first-order chi connectivity index (χ1) is 11.3. The van der Waals surface area contributed by atoms with Crippen LogP contribution in [0.15, 0.2) is 29.3 Å². The minimum atomic E-state index is -4.30. The van der Waals surface area contributed by atoms with E-state index in [9.17, 15) is 13.2 Å². The molecule has 0 unspecified atom stereocenters. The van der Waals surface area contributed by atoms with Crippen molar-refractivity contribution in [1.82, 2.24) is 10.6 Å². The van der Waals surface area contributed by atoms with E-state index in [4.69, 9.17) is 0 Å². The van der Waals surface area contributed by atoms with E-state index in [1.54, 1.807) is 19.2 Å². The van der Waals surface area contributed by atoms with Crippen LogP contribution in [0.5, 0.6) is 0 Å². The highest BCUT2D eigenvalue weighted by Gasteiger charge is 2.27. The van der Waals surface area contributed by atoms with Crippen LogP contribution in [0.1, 0.15) is 31.4 Å². The topological polar surface area (TPSA) is 45.7 Å². The molecule has 4 nitrogen and oxygen atoms in total. The lowest BCUT2D eigenvalue weighted by molar-refractivity contribution is -0.176. The van der Waals surface area contributed by atoms with Crippen LogP contribution in [0.3, 0.4) is 0 Å². The second-order valence-corrected chi connectivity index (χ2v) is 5.96. The molecule has 0 atom stereocenters. The van der Waals surface area contributed by atoms with Crippen molar-refractivity contribution in [3.8, 4) is 0 Å². The highest BCUT2D eigenvalue weighted by atomic mass is 127. The minimum Gasteiger partial charge on any atom is -0.367 e. The molecule has 0 saturated carbocycles. The smallest absolute Gasteiger partial charge is 0.367 e. The Morgan fingerprint density at radius 3 is 2.48 bits per heavy atom. The van der Waals surface area contributed by atoms with Gasteiger partial charge in [0.25, 0.3) is 0 Å². The van der Waals surface area contributed by atoms with Crippen LogP contribution < -0.4 is 10.6 Å². The molecule has 25 heavy (non-hydrogen) atoms. The maximum atomic E-state index is 12.1. The van der Waals surface area contributed by atoms with Crippen molar-refractivity contribution in [1.29, 1.82) is 0 Å². The van der Waals surface area contributed by atoms with Crippen LogP contribution in [0.2, 0.25) is 0 Å². The fourth-order valence-electron chi connectivity index (χ4n) is 2.00. The molecule has 2 N–H and O–H groups in total. The van der Waals surface area contributed by atoms with Gasteiger partial charge in [0, 0.05) is 20.1 Å². The zero-order valence-corrected chi connectivity index (χ0v) is 17.2. The van der Waals surface area contributed by atoms with Gasteiger partial charge in [-0.3, -0.25) is 4.99 Å². The van der Waals surface area contributed by atoms with Crippen molar-refractivity contribution in [3.63, 3.8) is 0 Å². The third-order valence-corrected chi connectivity index (χ3v) is 3.22. The Morgan fingerprint density at radius 1 is 1.20 bits per heavy atom. The molecular weight excluding hydrogens is 446 g/mol. The fourth-order valence-corrected chi connectivity index (χ4v) is 2.00. The zero-order chi connectivity index (χ0) is 18.0. The first-order valence-corrected chi connectivity index (χ1v) is 7.97. The molecule has 144 valence electrons. The Hall–Kier alpha value is -1.03. The molecule has 1 aromatic rings.